The van der Waals surface area contributed by atoms with Crippen LogP contribution in [0.1, 0.15) is 11.8 Å². The summed E-state index contributed by atoms with van der Waals surface area (Å²) in [5.74, 6) is 0. The molecule has 5 nitrogen and oxygen atoms in total. The van der Waals surface area contributed by atoms with Crippen LogP contribution < -0.4 is 10.0 Å². The van der Waals surface area contributed by atoms with E-state index in [2.05, 4.69) is 31.0 Å². The van der Waals surface area contributed by atoms with Gasteiger partial charge in [-0.15, -0.1) is 11.3 Å². The average Bonchev–Trinajstić information content (AvgIpc) is 2.83. The number of rotatable bonds is 6. The number of halogens is 1. The molecule has 0 aliphatic carbocycles. The third-order valence-corrected chi connectivity index (χ3v) is 5.63. The van der Waals surface area contributed by atoms with Crippen molar-refractivity contribution in [2.45, 2.75) is 18.4 Å². The Bertz CT molecular complexity index is 686. The van der Waals surface area contributed by atoms with Crippen molar-refractivity contribution in [3.63, 3.8) is 0 Å². The minimum Gasteiger partial charge on any atom is -0.384 e. The van der Waals surface area contributed by atoms with Gasteiger partial charge in [0.2, 0.25) is 10.0 Å². The summed E-state index contributed by atoms with van der Waals surface area (Å²) in [4.78, 5) is 4.99. The van der Waals surface area contributed by atoms with Crippen LogP contribution in [0.2, 0.25) is 0 Å². The average molecular weight is 376 g/mol. The van der Waals surface area contributed by atoms with E-state index in [1.165, 1.54) is 17.5 Å². The number of anilines is 1. The van der Waals surface area contributed by atoms with Gasteiger partial charge in [0.15, 0.2) is 0 Å². The summed E-state index contributed by atoms with van der Waals surface area (Å²) in [6.45, 7) is 2.82. The third-order valence-electron chi connectivity index (χ3n) is 2.50. The summed E-state index contributed by atoms with van der Waals surface area (Å²) in [7, 11) is -3.59. The topological polar surface area (TPSA) is 71.1 Å². The molecule has 0 fully saturated rings. The lowest BCUT2D eigenvalue weighted by atomic mass is 10.4. The Hall–Kier alpha value is -0.960. The first-order valence-electron chi connectivity index (χ1n) is 5.93. The van der Waals surface area contributed by atoms with E-state index in [4.69, 9.17) is 0 Å². The Morgan fingerprint density at radius 2 is 2.25 bits per heavy atom. The number of hydrogen-bond donors (Lipinski definition) is 2. The van der Waals surface area contributed by atoms with Gasteiger partial charge in [-0.1, -0.05) is 0 Å². The van der Waals surface area contributed by atoms with E-state index in [-0.39, 0.29) is 11.4 Å². The lowest BCUT2D eigenvalue weighted by Gasteiger charge is -2.11. The van der Waals surface area contributed by atoms with Gasteiger partial charge in [-0.05, 0) is 35.0 Å². The highest BCUT2D eigenvalue weighted by molar-refractivity contribution is 9.10. The fourth-order valence-electron chi connectivity index (χ4n) is 1.62. The minimum atomic E-state index is -3.59. The Morgan fingerprint density at radius 3 is 2.90 bits per heavy atom. The summed E-state index contributed by atoms with van der Waals surface area (Å²) in [6, 6.07) is 3.54. The zero-order chi connectivity index (χ0) is 14.6. The van der Waals surface area contributed by atoms with Crippen molar-refractivity contribution in [1.82, 2.24) is 9.71 Å². The Morgan fingerprint density at radius 1 is 1.45 bits per heavy atom. The number of aromatic nitrogens is 1. The summed E-state index contributed by atoms with van der Waals surface area (Å²) in [5.41, 5.74) is 0.558. The van der Waals surface area contributed by atoms with Gasteiger partial charge in [-0.2, -0.15) is 0 Å². The van der Waals surface area contributed by atoms with Crippen molar-refractivity contribution < 1.29 is 8.42 Å². The SMILES string of the molecule is CCNc1ccncc1S(=O)(=O)NCc1cc(Br)cs1. The highest BCUT2D eigenvalue weighted by atomic mass is 79.9. The summed E-state index contributed by atoms with van der Waals surface area (Å²) in [6.07, 6.45) is 2.91. The van der Waals surface area contributed by atoms with Gasteiger partial charge in [-0.25, -0.2) is 13.1 Å². The van der Waals surface area contributed by atoms with Crippen LogP contribution in [-0.2, 0) is 16.6 Å². The van der Waals surface area contributed by atoms with Crippen LogP contribution >= 0.6 is 27.3 Å². The van der Waals surface area contributed by atoms with E-state index in [1.54, 1.807) is 12.3 Å². The largest absolute Gasteiger partial charge is 0.384 e. The number of hydrogen-bond acceptors (Lipinski definition) is 5. The minimum absolute atomic E-state index is 0.164. The van der Waals surface area contributed by atoms with Crippen molar-refractivity contribution in [1.29, 1.82) is 0 Å². The predicted molar refractivity (Wildman–Crippen MR) is 84.4 cm³/mol. The molecule has 0 amide bonds. The molecule has 2 aromatic heterocycles. The van der Waals surface area contributed by atoms with Crippen LogP contribution in [0, 0.1) is 0 Å². The van der Waals surface area contributed by atoms with Gasteiger partial charge in [-0.3, -0.25) is 4.98 Å². The van der Waals surface area contributed by atoms with E-state index >= 15 is 0 Å². The van der Waals surface area contributed by atoms with Crippen molar-refractivity contribution in [2.24, 2.45) is 0 Å². The van der Waals surface area contributed by atoms with Gasteiger partial charge in [0.1, 0.15) is 4.90 Å². The maximum Gasteiger partial charge on any atom is 0.244 e. The molecule has 20 heavy (non-hydrogen) atoms. The van der Waals surface area contributed by atoms with Crippen LogP contribution in [0.4, 0.5) is 5.69 Å². The second kappa shape index (κ2) is 6.66. The first-order chi connectivity index (χ1) is 9.53. The van der Waals surface area contributed by atoms with Crippen molar-refractivity contribution >= 4 is 43.0 Å². The van der Waals surface area contributed by atoms with Gasteiger partial charge in [0.05, 0.1) is 5.69 Å². The van der Waals surface area contributed by atoms with Crippen LogP contribution in [-0.4, -0.2) is 19.9 Å². The summed E-state index contributed by atoms with van der Waals surface area (Å²) < 4.78 is 28.2. The molecule has 0 aliphatic rings. The van der Waals surface area contributed by atoms with Crippen molar-refractivity contribution in [3.05, 3.63) is 39.3 Å². The lowest BCUT2D eigenvalue weighted by Crippen LogP contribution is -2.24. The van der Waals surface area contributed by atoms with Gasteiger partial charge in [0, 0.05) is 40.2 Å². The zero-order valence-corrected chi connectivity index (χ0v) is 14.0. The van der Waals surface area contributed by atoms with Crippen LogP contribution in [0.25, 0.3) is 0 Å². The maximum absolute atomic E-state index is 12.3. The molecule has 0 bridgehead atoms. The quantitative estimate of drug-likeness (QED) is 0.814. The maximum atomic E-state index is 12.3. The van der Waals surface area contributed by atoms with Gasteiger partial charge in [0.25, 0.3) is 0 Å². The number of nitrogens with one attached hydrogen (secondary N) is 2. The molecule has 0 unspecified atom stereocenters. The second-order valence-electron chi connectivity index (χ2n) is 3.96. The molecular weight excluding hydrogens is 362 g/mol. The summed E-state index contributed by atoms with van der Waals surface area (Å²) in [5, 5.41) is 4.93. The van der Waals surface area contributed by atoms with Crippen LogP contribution in [0.3, 0.4) is 0 Å². The molecule has 8 heteroatoms. The zero-order valence-electron chi connectivity index (χ0n) is 10.8. The predicted octanol–water partition coefficient (Wildman–Crippen LogP) is 2.82. The molecule has 2 aromatic rings. The molecule has 0 aliphatic heterocycles. The van der Waals surface area contributed by atoms with Gasteiger partial charge < -0.3 is 5.32 Å². The highest BCUT2D eigenvalue weighted by Gasteiger charge is 2.18. The molecule has 0 spiro atoms. The molecule has 2 rings (SSSR count). The van der Waals surface area contributed by atoms with E-state index in [1.807, 2.05) is 18.4 Å². The highest BCUT2D eigenvalue weighted by Crippen LogP contribution is 2.22. The number of pyridine rings is 1. The molecule has 2 N–H and O–H groups in total. The molecular formula is C12H14BrN3O2S2. The fraction of sp³-hybridized carbons (Fsp3) is 0.250. The lowest BCUT2D eigenvalue weighted by molar-refractivity contribution is 0.581. The van der Waals surface area contributed by atoms with E-state index in [0.29, 0.717) is 12.2 Å². The van der Waals surface area contributed by atoms with E-state index in [0.717, 1.165) is 9.35 Å². The molecule has 0 atom stereocenters. The van der Waals surface area contributed by atoms with Gasteiger partial charge >= 0.3 is 0 Å². The Balaban J connectivity index is 2.18. The van der Waals surface area contributed by atoms with Crippen molar-refractivity contribution in [3.8, 4) is 0 Å². The smallest absolute Gasteiger partial charge is 0.244 e. The third kappa shape index (κ3) is 3.78. The molecule has 0 saturated heterocycles. The first-order valence-corrected chi connectivity index (χ1v) is 9.09. The summed E-state index contributed by atoms with van der Waals surface area (Å²) >= 11 is 4.84. The molecule has 0 radical (unpaired) electrons. The molecule has 2 heterocycles. The normalized spacial score (nSPS) is 11.5. The van der Waals surface area contributed by atoms with E-state index in [9.17, 15) is 8.42 Å². The molecule has 108 valence electrons. The fourth-order valence-corrected chi connectivity index (χ4v) is 4.23. The Kier molecular flexibility index (Phi) is 5.14. The molecule has 0 aromatic carbocycles. The van der Waals surface area contributed by atoms with Crippen molar-refractivity contribution in [2.75, 3.05) is 11.9 Å². The number of nitrogens with zero attached hydrogens (tertiary/aromatic N) is 1. The Labute approximate surface area is 130 Å². The standard InChI is InChI=1S/C12H14BrN3O2S2/c1-2-15-11-3-4-14-7-12(11)20(17,18)16-6-10-5-9(13)8-19-10/h3-5,7-8,16H,2,6H2,1H3,(H,14,15). The monoisotopic (exact) mass is 375 g/mol. The number of thiophene rings is 1. The first kappa shape index (κ1) is 15.4. The second-order valence-corrected chi connectivity index (χ2v) is 7.60. The molecule has 0 saturated carbocycles. The van der Waals surface area contributed by atoms with E-state index < -0.39 is 10.0 Å². The van der Waals surface area contributed by atoms with Crippen LogP contribution in [0.5, 0.6) is 0 Å². The number of sulfonamides is 1. The van der Waals surface area contributed by atoms with Crippen LogP contribution in [0.15, 0.2) is 39.3 Å².